The first-order chi connectivity index (χ1) is 8.38. The number of aromatic carboxylic acids is 1. The van der Waals surface area contributed by atoms with Crippen LogP contribution in [0.3, 0.4) is 0 Å². The van der Waals surface area contributed by atoms with Crippen LogP contribution >= 0.6 is 0 Å². The third kappa shape index (κ3) is 2.58. The molecule has 0 heterocycles. The second kappa shape index (κ2) is 5.19. The molecule has 0 fully saturated rings. The summed E-state index contributed by atoms with van der Waals surface area (Å²) in [7, 11) is 1.65. The van der Waals surface area contributed by atoms with Gasteiger partial charge in [-0.15, -0.1) is 6.42 Å². The van der Waals surface area contributed by atoms with Crippen molar-refractivity contribution in [1.29, 1.82) is 0 Å². The summed E-state index contributed by atoms with van der Waals surface area (Å²) in [6, 6.07) is 2.42. The van der Waals surface area contributed by atoms with Crippen molar-refractivity contribution < 1.29 is 14.8 Å². The van der Waals surface area contributed by atoms with Gasteiger partial charge in [0.1, 0.15) is 0 Å². The van der Waals surface area contributed by atoms with Crippen molar-refractivity contribution in [3.63, 3.8) is 0 Å². The van der Waals surface area contributed by atoms with Crippen LogP contribution in [-0.2, 0) is 0 Å². The summed E-state index contributed by atoms with van der Waals surface area (Å²) in [5.41, 5.74) is 0.474. The van der Waals surface area contributed by atoms with E-state index < -0.39 is 10.9 Å². The Bertz CT molecular complexity index is 546. The fraction of sp³-hybridized carbons (Fsp3) is 0.250. The molecule has 1 aromatic rings. The SMILES string of the molecule is C#CCN(C)c1cc(C(=O)O)cc([N+](=O)[O-])c1C. The molecule has 0 saturated heterocycles. The maximum Gasteiger partial charge on any atom is 0.336 e. The van der Waals surface area contributed by atoms with E-state index in [0.717, 1.165) is 6.07 Å². The van der Waals surface area contributed by atoms with Crippen LogP contribution in [0.2, 0.25) is 0 Å². The predicted molar refractivity (Wildman–Crippen MR) is 66.9 cm³/mol. The van der Waals surface area contributed by atoms with Gasteiger partial charge in [0, 0.05) is 18.8 Å². The Balaban J connectivity index is 3.45. The van der Waals surface area contributed by atoms with E-state index in [0.29, 0.717) is 11.3 Å². The number of nitrogens with zero attached hydrogens (tertiary/aromatic N) is 2. The molecule has 6 heteroatoms. The quantitative estimate of drug-likeness (QED) is 0.497. The number of hydrogen-bond donors (Lipinski definition) is 1. The number of carboxylic acids is 1. The second-order valence-electron chi connectivity index (χ2n) is 3.76. The molecule has 18 heavy (non-hydrogen) atoms. The van der Waals surface area contributed by atoms with Gasteiger partial charge in [-0.25, -0.2) is 4.79 Å². The molecular weight excluding hydrogens is 236 g/mol. The van der Waals surface area contributed by atoms with Crippen molar-refractivity contribution in [3.8, 4) is 12.3 Å². The van der Waals surface area contributed by atoms with Crippen LogP contribution in [0.15, 0.2) is 12.1 Å². The Morgan fingerprint density at radius 3 is 2.67 bits per heavy atom. The molecular formula is C12H12N2O4. The molecule has 0 bridgehead atoms. The highest BCUT2D eigenvalue weighted by atomic mass is 16.6. The zero-order valence-electron chi connectivity index (χ0n) is 10.0. The van der Waals surface area contributed by atoms with Crippen LogP contribution in [0.1, 0.15) is 15.9 Å². The van der Waals surface area contributed by atoms with E-state index in [1.165, 1.54) is 6.07 Å². The van der Waals surface area contributed by atoms with Gasteiger partial charge in [-0.1, -0.05) is 5.92 Å². The first-order valence-electron chi connectivity index (χ1n) is 5.05. The lowest BCUT2D eigenvalue weighted by Crippen LogP contribution is -2.19. The van der Waals surface area contributed by atoms with Gasteiger partial charge in [-0.3, -0.25) is 10.1 Å². The van der Waals surface area contributed by atoms with Crippen LogP contribution < -0.4 is 4.90 Å². The molecule has 0 atom stereocenters. The van der Waals surface area contributed by atoms with Crippen LogP contribution in [0.4, 0.5) is 11.4 Å². The molecule has 0 aliphatic heterocycles. The number of nitro groups is 1. The van der Waals surface area contributed by atoms with Crippen LogP contribution in [-0.4, -0.2) is 29.6 Å². The molecule has 94 valence electrons. The molecule has 0 aliphatic rings. The molecule has 1 rings (SSSR count). The highest BCUT2D eigenvalue weighted by molar-refractivity contribution is 5.90. The largest absolute Gasteiger partial charge is 0.478 e. The third-order valence-corrected chi connectivity index (χ3v) is 2.54. The minimum absolute atomic E-state index is 0.133. The van der Waals surface area contributed by atoms with E-state index in [9.17, 15) is 14.9 Å². The minimum Gasteiger partial charge on any atom is -0.478 e. The van der Waals surface area contributed by atoms with Gasteiger partial charge in [0.05, 0.1) is 22.6 Å². The van der Waals surface area contributed by atoms with Gasteiger partial charge in [-0.2, -0.15) is 0 Å². The number of carbonyl (C=O) groups is 1. The van der Waals surface area contributed by atoms with Crippen molar-refractivity contribution in [2.75, 3.05) is 18.5 Å². The Morgan fingerprint density at radius 1 is 1.61 bits per heavy atom. The predicted octanol–water partition coefficient (Wildman–Crippen LogP) is 1.67. The summed E-state index contributed by atoms with van der Waals surface area (Å²) in [6.45, 7) is 1.80. The Labute approximate surface area is 104 Å². The third-order valence-electron chi connectivity index (χ3n) is 2.54. The maximum atomic E-state index is 10.9. The van der Waals surface area contributed by atoms with Crippen LogP contribution in [0, 0.1) is 29.4 Å². The summed E-state index contributed by atoms with van der Waals surface area (Å²) in [5, 5.41) is 19.8. The molecule has 0 spiro atoms. The summed E-state index contributed by atoms with van der Waals surface area (Å²) in [6.07, 6.45) is 5.17. The number of anilines is 1. The van der Waals surface area contributed by atoms with Crippen molar-refractivity contribution in [2.45, 2.75) is 6.92 Å². The van der Waals surface area contributed by atoms with Crippen molar-refractivity contribution in [3.05, 3.63) is 33.4 Å². The summed E-state index contributed by atoms with van der Waals surface area (Å²) >= 11 is 0. The maximum absolute atomic E-state index is 10.9. The number of rotatable bonds is 4. The molecule has 6 nitrogen and oxygen atoms in total. The zero-order valence-corrected chi connectivity index (χ0v) is 10.0. The fourth-order valence-electron chi connectivity index (χ4n) is 1.62. The van der Waals surface area contributed by atoms with E-state index in [1.807, 2.05) is 0 Å². The normalized spacial score (nSPS) is 9.61. The van der Waals surface area contributed by atoms with Crippen molar-refractivity contribution in [1.82, 2.24) is 0 Å². The van der Waals surface area contributed by atoms with Gasteiger partial charge in [0.2, 0.25) is 0 Å². The topological polar surface area (TPSA) is 83.7 Å². The van der Waals surface area contributed by atoms with Crippen LogP contribution in [0.5, 0.6) is 0 Å². The lowest BCUT2D eigenvalue weighted by molar-refractivity contribution is -0.385. The Morgan fingerprint density at radius 2 is 2.22 bits per heavy atom. The lowest BCUT2D eigenvalue weighted by atomic mass is 10.1. The average molecular weight is 248 g/mol. The van der Waals surface area contributed by atoms with Gasteiger partial charge in [0.15, 0.2) is 0 Å². The van der Waals surface area contributed by atoms with Crippen molar-refractivity contribution in [2.24, 2.45) is 0 Å². The molecule has 1 aromatic carbocycles. The lowest BCUT2D eigenvalue weighted by Gasteiger charge is -2.19. The number of benzene rings is 1. The highest BCUT2D eigenvalue weighted by Crippen LogP contribution is 2.29. The van der Waals surface area contributed by atoms with Crippen LogP contribution in [0.25, 0.3) is 0 Å². The molecule has 0 saturated carbocycles. The smallest absolute Gasteiger partial charge is 0.336 e. The van der Waals surface area contributed by atoms with E-state index in [-0.39, 0.29) is 17.8 Å². The molecule has 0 amide bonds. The molecule has 0 aromatic heterocycles. The Kier molecular flexibility index (Phi) is 3.89. The van der Waals surface area contributed by atoms with Crippen molar-refractivity contribution >= 4 is 17.3 Å². The van der Waals surface area contributed by atoms with Gasteiger partial charge in [-0.05, 0) is 13.0 Å². The van der Waals surface area contributed by atoms with E-state index in [2.05, 4.69) is 5.92 Å². The number of nitro benzene ring substituents is 1. The highest BCUT2D eigenvalue weighted by Gasteiger charge is 2.20. The fourth-order valence-corrected chi connectivity index (χ4v) is 1.62. The Hall–Kier alpha value is -2.55. The van der Waals surface area contributed by atoms with Gasteiger partial charge in [0.25, 0.3) is 5.69 Å². The average Bonchev–Trinajstić information content (AvgIpc) is 2.28. The molecule has 0 radical (unpaired) electrons. The number of terminal acetylenes is 1. The van der Waals surface area contributed by atoms with Gasteiger partial charge < -0.3 is 10.0 Å². The summed E-state index contributed by atoms with van der Waals surface area (Å²) in [5.74, 6) is 1.18. The number of carboxylic acid groups (broad SMARTS) is 1. The van der Waals surface area contributed by atoms with Gasteiger partial charge >= 0.3 is 5.97 Å². The van der Waals surface area contributed by atoms with E-state index >= 15 is 0 Å². The first kappa shape index (κ1) is 13.5. The van der Waals surface area contributed by atoms with E-state index in [1.54, 1.807) is 18.9 Å². The molecule has 0 aliphatic carbocycles. The minimum atomic E-state index is -1.21. The molecule has 1 N–H and O–H groups in total. The van der Waals surface area contributed by atoms with E-state index in [4.69, 9.17) is 11.5 Å². The first-order valence-corrected chi connectivity index (χ1v) is 5.05. The number of hydrogen-bond acceptors (Lipinski definition) is 4. The standard InChI is InChI=1S/C12H12N2O4/c1-4-5-13(3)10-6-9(12(15)16)7-11(8(10)2)14(17)18/h1,6-7H,5H2,2-3H3,(H,15,16). The summed E-state index contributed by atoms with van der Waals surface area (Å²) < 4.78 is 0. The zero-order chi connectivity index (χ0) is 13.9. The summed E-state index contributed by atoms with van der Waals surface area (Å²) in [4.78, 5) is 22.8. The monoisotopic (exact) mass is 248 g/mol. The second-order valence-corrected chi connectivity index (χ2v) is 3.76. The molecule has 0 unspecified atom stereocenters.